The third-order valence-electron chi connectivity index (χ3n) is 3.69. The number of rotatable bonds is 6. The van der Waals surface area contributed by atoms with Crippen molar-refractivity contribution < 1.29 is 4.79 Å². The lowest BCUT2D eigenvalue weighted by molar-refractivity contribution is -0.113. The number of carbonyl (C=O) groups excluding carboxylic acids is 1. The van der Waals surface area contributed by atoms with Crippen LogP contribution in [-0.2, 0) is 4.79 Å². The lowest BCUT2D eigenvalue weighted by Gasteiger charge is -2.13. The van der Waals surface area contributed by atoms with Crippen molar-refractivity contribution in [2.24, 2.45) is 0 Å². The molecule has 1 aliphatic carbocycles. The molecule has 1 aromatic heterocycles. The van der Waals surface area contributed by atoms with Gasteiger partial charge in [0.15, 0.2) is 5.16 Å². The van der Waals surface area contributed by atoms with Crippen LogP contribution in [-0.4, -0.2) is 26.4 Å². The van der Waals surface area contributed by atoms with Gasteiger partial charge in [0.1, 0.15) is 5.82 Å². The first kappa shape index (κ1) is 17.6. The Bertz CT molecular complexity index is 759. The summed E-state index contributed by atoms with van der Waals surface area (Å²) in [6, 6.07) is 5.29. The zero-order valence-corrected chi connectivity index (χ0v) is 15.8. The molecule has 0 spiro atoms. The van der Waals surface area contributed by atoms with E-state index in [2.05, 4.69) is 33.9 Å². The van der Waals surface area contributed by atoms with Crippen molar-refractivity contribution in [3.63, 3.8) is 0 Å². The summed E-state index contributed by atoms with van der Waals surface area (Å²) in [4.78, 5) is 12.2. The predicted octanol–water partition coefficient (Wildman–Crippen LogP) is 4.77. The van der Waals surface area contributed by atoms with Crippen LogP contribution in [0.3, 0.4) is 0 Å². The zero-order valence-electron chi connectivity index (χ0n) is 13.4. The van der Waals surface area contributed by atoms with Gasteiger partial charge in [-0.2, -0.15) is 0 Å². The standard InChI is InChI=1S/C16H18Cl2N4OS/c1-9(2)22-15(10-3-4-10)20-21-16(22)24-8-14(23)19-11-5-6-12(17)13(18)7-11/h5-7,9-10H,3-4,8H2,1-2H3,(H,19,23). The lowest BCUT2D eigenvalue weighted by atomic mass is 10.3. The van der Waals surface area contributed by atoms with E-state index < -0.39 is 0 Å². The molecule has 1 saturated carbocycles. The minimum atomic E-state index is -0.121. The van der Waals surface area contributed by atoms with Crippen molar-refractivity contribution in [2.45, 2.75) is 43.8 Å². The fraction of sp³-hybridized carbons (Fsp3) is 0.438. The average Bonchev–Trinajstić information content (AvgIpc) is 3.28. The van der Waals surface area contributed by atoms with Gasteiger partial charge in [0.25, 0.3) is 0 Å². The molecule has 5 nitrogen and oxygen atoms in total. The molecule has 1 fully saturated rings. The number of carbonyl (C=O) groups is 1. The SMILES string of the molecule is CC(C)n1c(SCC(=O)Nc2ccc(Cl)c(Cl)c2)nnc1C1CC1. The van der Waals surface area contributed by atoms with Gasteiger partial charge in [-0.1, -0.05) is 35.0 Å². The number of nitrogens with zero attached hydrogens (tertiary/aromatic N) is 3. The molecule has 1 aromatic carbocycles. The molecule has 2 aromatic rings. The van der Waals surface area contributed by atoms with E-state index in [9.17, 15) is 4.79 Å². The molecule has 0 unspecified atom stereocenters. The summed E-state index contributed by atoms with van der Waals surface area (Å²) in [6.45, 7) is 4.21. The summed E-state index contributed by atoms with van der Waals surface area (Å²) >= 11 is 13.2. The van der Waals surface area contributed by atoms with Gasteiger partial charge < -0.3 is 9.88 Å². The summed E-state index contributed by atoms with van der Waals surface area (Å²) in [6.07, 6.45) is 2.35. The topological polar surface area (TPSA) is 59.8 Å². The average molecular weight is 385 g/mol. The zero-order chi connectivity index (χ0) is 17.3. The summed E-state index contributed by atoms with van der Waals surface area (Å²) < 4.78 is 2.13. The number of thioether (sulfide) groups is 1. The maximum Gasteiger partial charge on any atom is 0.234 e. The summed E-state index contributed by atoms with van der Waals surface area (Å²) in [5.41, 5.74) is 0.624. The highest BCUT2D eigenvalue weighted by Crippen LogP contribution is 2.41. The first-order valence-corrected chi connectivity index (χ1v) is 9.52. The second-order valence-electron chi connectivity index (χ2n) is 6.04. The van der Waals surface area contributed by atoms with E-state index in [-0.39, 0.29) is 17.7 Å². The molecular weight excluding hydrogens is 367 g/mol. The van der Waals surface area contributed by atoms with Crippen molar-refractivity contribution in [1.82, 2.24) is 14.8 Å². The predicted molar refractivity (Wildman–Crippen MR) is 98.2 cm³/mol. The molecule has 128 valence electrons. The van der Waals surface area contributed by atoms with Gasteiger partial charge in [0.05, 0.1) is 15.8 Å². The molecule has 0 bridgehead atoms. The molecule has 1 N–H and O–H groups in total. The van der Waals surface area contributed by atoms with E-state index in [1.165, 1.54) is 24.6 Å². The molecule has 1 aliphatic rings. The molecule has 8 heteroatoms. The Balaban J connectivity index is 1.63. The van der Waals surface area contributed by atoms with Crippen molar-refractivity contribution in [3.8, 4) is 0 Å². The van der Waals surface area contributed by atoms with Crippen LogP contribution < -0.4 is 5.32 Å². The number of amides is 1. The van der Waals surface area contributed by atoms with Crippen molar-refractivity contribution in [2.75, 3.05) is 11.1 Å². The Kier molecular flexibility index (Phi) is 5.37. The maximum absolute atomic E-state index is 12.2. The van der Waals surface area contributed by atoms with Gasteiger partial charge in [0.2, 0.25) is 5.91 Å². The third-order valence-corrected chi connectivity index (χ3v) is 5.37. The molecule has 0 saturated heterocycles. The van der Waals surface area contributed by atoms with Crippen LogP contribution in [0.5, 0.6) is 0 Å². The monoisotopic (exact) mass is 384 g/mol. The molecule has 0 radical (unpaired) electrons. The first-order valence-electron chi connectivity index (χ1n) is 7.78. The van der Waals surface area contributed by atoms with E-state index in [1.807, 2.05) is 0 Å². The highest BCUT2D eigenvalue weighted by Gasteiger charge is 2.31. The molecule has 1 heterocycles. The van der Waals surface area contributed by atoms with Crippen LogP contribution >= 0.6 is 35.0 Å². The number of benzene rings is 1. The normalized spacial score (nSPS) is 14.2. The first-order chi connectivity index (χ1) is 11.5. The fourth-order valence-corrected chi connectivity index (χ4v) is 3.57. The van der Waals surface area contributed by atoms with Crippen molar-refractivity contribution in [1.29, 1.82) is 0 Å². The minimum absolute atomic E-state index is 0.121. The fourth-order valence-electron chi connectivity index (χ4n) is 2.39. The second kappa shape index (κ2) is 7.33. The van der Waals surface area contributed by atoms with Gasteiger partial charge in [0, 0.05) is 17.6 Å². The van der Waals surface area contributed by atoms with Gasteiger partial charge in [-0.05, 0) is 44.9 Å². The Hall–Kier alpha value is -1.24. The quantitative estimate of drug-likeness (QED) is 0.728. The van der Waals surface area contributed by atoms with Gasteiger partial charge >= 0.3 is 0 Å². The highest BCUT2D eigenvalue weighted by molar-refractivity contribution is 7.99. The van der Waals surface area contributed by atoms with Crippen molar-refractivity contribution in [3.05, 3.63) is 34.1 Å². The molecule has 0 atom stereocenters. The molecular formula is C16H18Cl2N4OS. The molecule has 24 heavy (non-hydrogen) atoms. The van der Waals surface area contributed by atoms with Crippen LogP contribution in [0.2, 0.25) is 10.0 Å². The molecule has 1 amide bonds. The second-order valence-corrected chi connectivity index (χ2v) is 7.80. The number of anilines is 1. The van der Waals surface area contributed by atoms with Crippen LogP contribution in [0.25, 0.3) is 0 Å². The van der Waals surface area contributed by atoms with Gasteiger partial charge in [-0.15, -0.1) is 10.2 Å². The number of aromatic nitrogens is 3. The van der Waals surface area contributed by atoms with Gasteiger partial charge in [-0.25, -0.2) is 0 Å². The Morgan fingerprint density at radius 2 is 2.08 bits per heavy atom. The Morgan fingerprint density at radius 3 is 2.71 bits per heavy atom. The summed E-state index contributed by atoms with van der Waals surface area (Å²) in [5, 5.41) is 13.0. The van der Waals surface area contributed by atoms with E-state index in [0.29, 0.717) is 21.7 Å². The van der Waals surface area contributed by atoms with E-state index in [0.717, 1.165) is 11.0 Å². The summed E-state index contributed by atoms with van der Waals surface area (Å²) in [5.74, 6) is 1.71. The van der Waals surface area contributed by atoms with Crippen LogP contribution in [0, 0.1) is 0 Å². The number of hydrogen-bond acceptors (Lipinski definition) is 4. The highest BCUT2D eigenvalue weighted by atomic mass is 35.5. The van der Waals surface area contributed by atoms with Crippen molar-refractivity contribution >= 4 is 46.6 Å². The molecule has 0 aliphatic heterocycles. The molecule has 3 rings (SSSR count). The van der Waals surface area contributed by atoms with Crippen LogP contribution in [0.15, 0.2) is 23.4 Å². The van der Waals surface area contributed by atoms with Gasteiger partial charge in [-0.3, -0.25) is 4.79 Å². The van der Waals surface area contributed by atoms with Crippen LogP contribution in [0.1, 0.15) is 44.5 Å². The van der Waals surface area contributed by atoms with E-state index in [1.54, 1.807) is 18.2 Å². The Morgan fingerprint density at radius 1 is 1.33 bits per heavy atom. The Labute approximate surface area is 155 Å². The minimum Gasteiger partial charge on any atom is -0.325 e. The maximum atomic E-state index is 12.2. The number of halogens is 2. The third kappa shape index (κ3) is 4.05. The largest absolute Gasteiger partial charge is 0.325 e. The van der Waals surface area contributed by atoms with Crippen LogP contribution in [0.4, 0.5) is 5.69 Å². The number of hydrogen-bond donors (Lipinski definition) is 1. The smallest absolute Gasteiger partial charge is 0.234 e. The van der Waals surface area contributed by atoms with E-state index in [4.69, 9.17) is 23.2 Å². The van der Waals surface area contributed by atoms with E-state index >= 15 is 0 Å². The summed E-state index contributed by atoms with van der Waals surface area (Å²) in [7, 11) is 0. The lowest BCUT2D eigenvalue weighted by Crippen LogP contribution is -2.15. The number of nitrogens with one attached hydrogen (secondary N) is 1.